The molecular formula is C23H18N2O. The van der Waals surface area contributed by atoms with E-state index in [-0.39, 0.29) is 5.91 Å². The van der Waals surface area contributed by atoms with Gasteiger partial charge in [0.2, 0.25) is 0 Å². The van der Waals surface area contributed by atoms with Gasteiger partial charge in [-0.05, 0) is 30.7 Å². The first-order valence-corrected chi connectivity index (χ1v) is 8.54. The number of aliphatic imine (C=N–C) groups is 1. The van der Waals surface area contributed by atoms with Gasteiger partial charge in [-0.25, -0.2) is 4.99 Å². The van der Waals surface area contributed by atoms with Crippen LogP contribution in [-0.2, 0) is 4.79 Å². The Kier molecular flexibility index (Phi) is 4.20. The molecule has 0 atom stereocenters. The summed E-state index contributed by atoms with van der Waals surface area (Å²) < 4.78 is 0. The lowest BCUT2D eigenvalue weighted by atomic mass is 9.99. The van der Waals surface area contributed by atoms with Crippen molar-refractivity contribution in [2.24, 2.45) is 4.99 Å². The van der Waals surface area contributed by atoms with Gasteiger partial charge in [0.05, 0.1) is 11.4 Å². The van der Waals surface area contributed by atoms with Crippen LogP contribution >= 0.6 is 0 Å². The molecule has 1 amide bonds. The molecule has 3 heteroatoms. The minimum absolute atomic E-state index is 0.204. The van der Waals surface area contributed by atoms with Crippen LogP contribution in [0, 0.1) is 6.92 Å². The first kappa shape index (κ1) is 16.0. The molecule has 3 aromatic rings. The molecule has 0 saturated heterocycles. The summed E-state index contributed by atoms with van der Waals surface area (Å²) >= 11 is 0. The van der Waals surface area contributed by atoms with Gasteiger partial charge in [-0.15, -0.1) is 0 Å². The number of benzodiazepines with no additional fused rings is 1. The lowest BCUT2D eigenvalue weighted by Crippen LogP contribution is -2.12. The summed E-state index contributed by atoms with van der Waals surface area (Å²) in [7, 11) is 0. The maximum absolute atomic E-state index is 12.8. The molecule has 1 aliphatic rings. The number of carbonyl (C=O) groups excluding carboxylic acids is 1. The molecule has 0 spiro atoms. The van der Waals surface area contributed by atoms with Crippen molar-refractivity contribution in [2.45, 2.75) is 6.92 Å². The van der Waals surface area contributed by atoms with Crippen molar-refractivity contribution in [1.82, 2.24) is 0 Å². The second-order valence-electron chi connectivity index (χ2n) is 6.27. The van der Waals surface area contributed by atoms with Gasteiger partial charge in [0, 0.05) is 11.1 Å². The highest BCUT2D eigenvalue weighted by molar-refractivity contribution is 6.22. The zero-order valence-corrected chi connectivity index (χ0v) is 14.4. The van der Waals surface area contributed by atoms with E-state index in [1.807, 2.05) is 85.8 Å². The molecule has 1 heterocycles. The first-order chi connectivity index (χ1) is 12.7. The average molecular weight is 338 g/mol. The Hall–Kier alpha value is -3.46. The molecule has 4 rings (SSSR count). The third-order valence-electron chi connectivity index (χ3n) is 4.29. The van der Waals surface area contributed by atoms with Gasteiger partial charge < -0.3 is 5.32 Å². The van der Waals surface area contributed by atoms with Crippen LogP contribution in [-0.4, -0.2) is 11.6 Å². The number of amides is 1. The van der Waals surface area contributed by atoms with Crippen molar-refractivity contribution in [3.63, 3.8) is 0 Å². The minimum Gasteiger partial charge on any atom is -0.320 e. The third-order valence-corrected chi connectivity index (χ3v) is 4.29. The Labute approximate surface area is 152 Å². The van der Waals surface area contributed by atoms with Crippen molar-refractivity contribution >= 4 is 23.4 Å². The quantitative estimate of drug-likeness (QED) is 0.668. The van der Waals surface area contributed by atoms with Crippen molar-refractivity contribution in [2.75, 3.05) is 5.32 Å². The van der Waals surface area contributed by atoms with Gasteiger partial charge in [0.25, 0.3) is 5.91 Å². The van der Waals surface area contributed by atoms with Crippen LogP contribution in [0.3, 0.4) is 0 Å². The van der Waals surface area contributed by atoms with E-state index in [0.29, 0.717) is 5.70 Å². The summed E-state index contributed by atoms with van der Waals surface area (Å²) in [6, 6.07) is 25.7. The summed E-state index contributed by atoms with van der Waals surface area (Å²) in [5.74, 6) is -0.204. The number of aryl methyl sites for hydroxylation is 1. The summed E-state index contributed by atoms with van der Waals surface area (Å²) in [5, 5.41) is 3.00. The van der Waals surface area contributed by atoms with E-state index in [0.717, 1.165) is 33.7 Å². The molecule has 0 unspecified atom stereocenters. The molecule has 26 heavy (non-hydrogen) atoms. The lowest BCUT2D eigenvalue weighted by molar-refractivity contribution is -0.112. The Balaban J connectivity index is 1.93. The predicted octanol–water partition coefficient (Wildman–Crippen LogP) is 4.83. The number of anilines is 1. The Morgan fingerprint density at radius 1 is 0.885 bits per heavy atom. The van der Waals surface area contributed by atoms with Crippen LogP contribution in [0.4, 0.5) is 5.69 Å². The normalized spacial score (nSPS) is 15.0. The fraction of sp³-hybridized carbons (Fsp3) is 0.0435. The van der Waals surface area contributed by atoms with Crippen LogP contribution in [0.25, 0.3) is 6.08 Å². The molecule has 0 aliphatic carbocycles. The number of carbonyl (C=O) groups is 1. The van der Waals surface area contributed by atoms with E-state index in [2.05, 4.69) is 11.4 Å². The largest absolute Gasteiger partial charge is 0.320 e. The van der Waals surface area contributed by atoms with Crippen molar-refractivity contribution < 1.29 is 4.79 Å². The Morgan fingerprint density at radius 2 is 1.58 bits per heavy atom. The number of fused-ring (bicyclic) bond motifs is 1. The maximum atomic E-state index is 12.8. The van der Waals surface area contributed by atoms with Gasteiger partial charge in [-0.2, -0.15) is 0 Å². The van der Waals surface area contributed by atoms with E-state index in [9.17, 15) is 4.79 Å². The highest BCUT2D eigenvalue weighted by Crippen LogP contribution is 2.27. The molecule has 3 aromatic carbocycles. The molecule has 0 fully saturated rings. The summed E-state index contributed by atoms with van der Waals surface area (Å²) in [4.78, 5) is 17.5. The highest BCUT2D eigenvalue weighted by Gasteiger charge is 2.21. The summed E-state index contributed by atoms with van der Waals surface area (Å²) in [5.41, 5.74) is 5.94. The van der Waals surface area contributed by atoms with Gasteiger partial charge in [0.15, 0.2) is 0 Å². The SMILES string of the molecule is Cc1ccc2c(c1)C(c1ccccc1)=N/C(=C\c1ccccc1)C(=O)N2. The molecule has 1 N–H and O–H groups in total. The van der Waals surface area contributed by atoms with E-state index >= 15 is 0 Å². The molecular weight excluding hydrogens is 320 g/mol. The fourth-order valence-corrected chi connectivity index (χ4v) is 3.00. The number of hydrogen-bond acceptors (Lipinski definition) is 2. The maximum Gasteiger partial charge on any atom is 0.274 e. The van der Waals surface area contributed by atoms with Crippen molar-refractivity contribution in [3.05, 3.63) is 107 Å². The third kappa shape index (κ3) is 3.20. The number of benzene rings is 3. The van der Waals surface area contributed by atoms with Crippen LogP contribution < -0.4 is 5.32 Å². The lowest BCUT2D eigenvalue weighted by Gasteiger charge is -2.10. The zero-order valence-electron chi connectivity index (χ0n) is 14.4. The standard InChI is InChI=1S/C23H18N2O/c1-16-12-13-20-19(14-16)22(18-10-6-3-7-11-18)24-21(23(26)25-20)15-17-8-4-2-5-9-17/h2-15H,1H3,(H,25,26)/b21-15-. The summed E-state index contributed by atoms with van der Waals surface area (Å²) in [6.07, 6.45) is 1.82. The van der Waals surface area contributed by atoms with Gasteiger partial charge >= 0.3 is 0 Å². The molecule has 3 nitrogen and oxygen atoms in total. The smallest absolute Gasteiger partial charge is 0.274 e. The topological polar surface area (TPSA) is 41.5 Å². The number of hydrogen-bond donors (Lipinski definition) is 1. The molecule has 0 saturated carbocycles. The van der Waals surface area contributed by atoms with E-state index in [1.165, 1.54) is 0 Å². The molecule has 0 aromatic heterocycles. The second kappa shape index (κ2) is 6.81. The average Bonchev–Trinajstić information content (AvgIpc) is 2.80. The highest BCUT2D eigenvalue weighted by atomic mass is 16.2. The van der Waals surface area contributed by atoms with Gasteiger partial charge in [0.1, 0.15) is 5.70 Å². The van der Waals surface area contributed by atoms with E-state index < -0.39 is 0 Å². The number of rotatable bonds is 2. The molecule has 1 aliphatic heterocycles. The van der Waals surface area contributed by atoms with E-state index in [1.54, 1.807) is 0 Å². The molecule has 126 valence electrons. The van der Waals surface area contributed by atoms with Crippen LogP contribution in [0.5, 0.6) is 0 Å². The Morgan fingerprint density at radius 3 is 2.31 bits per heavy atom. The number of nitrogens with one attached hydrogen (secondary N) is 1. The monoisotopic (exact) mass is 338 g/mol. The van der Waals surface area contributed by atoms with Crippen LogP contribution in [0.1, 0.15) is 22.3 Å². The van der Waals surface area contributed by atoms with Crippen LogP contribution in [0.15, 0.2) is 89.6 Å². The fourth-order valence-electron chi connectivity index (χ4n) is 3.00. The van der Waals surface area contributed by atoms with Crippen molar-refractivity contribution in [1.29, 1.82) is 0 Å². The predicted molar refractivity (Wildman–Crippen MR) is 106 cm³/mol. The zero-order chi connectivity index (χ0) is 17.9. The first-order valence-electron chi connectivity index (χ1n) is 8.54. The minimum atomic E-state index is -0.204. The second-order valence-corrected chi connectivity index (χ2v) is 6.27. The number of nitrogens with zero attached hydrogens (tertiary/aromatic N) is 1. The van der Waals surface area contributed by atoms with Crippen LogP contribution in [0.2, 0.25) is 0 Å². The summed E-state index contributed by atoms with van der Waals surface area (Å²) in [6.45, 7) is 2.04. The molecule has 0 bridgehead atoms. The van der Waals surface area contributed by atoms with Gasteiger partial charge in [-0.3, -0.25) is 4.79 Å². The van der Waals surface area contributed by atoms with Gasteiger partial charge in [-0.1, -0.05) is 72.3 Å². The van der Waals surface area contributed by atoms with Crippen molar-refractivity contribution in [3.8, 4) is 0 Å². The molecule has 0 radical (unpaired) electrons. The Bertz CT molecular complexity index is 1020. The van der Waals surface area contributed by atoms with E-state index in [4.69, 9.17) is 4.99 Å².